The largest absolute Gasteiger partial charge is 0.486 e. The smallest absolute Gasteiger partial charge is 0.217 e. The van der Waals surface area contributed by atoms with Crippen LogP contribution in [0.1, 0.15) is 82.6 Å². The Kier molecular flexibility index (Phi) is 10.5. The monoisotopic (exact) mass is 383 g/mol. The number of hydrogen-bond donors (Lipinski definition) is 1. The number of unbranched alkanes of at least 4 members (excludes halogenated alkanes) is 8. The third-order valence-corrected chi connectivity index (χ3v) is 5.47. The molecule has 0 bridgehead atoms. The molecule has 1 aliphatic rings. The zero-order chi connectivity index (χ0) is 20.0. The van der Waals surface area contributed by atoms with Gasteiger partial charge in [0.05, 0.1) is 0 Å². The molecular formula is C25H37NO2. The Morgan fingerprint density at radius 1 is 0.964 bits per heavy atom. The van der Waals surface area contributed by atoms with Crippen molar-refractivity contribution in [2.45, 2.75) is 89.6 Å². The number of primary amides is 1. The van der Waals surface area contributed by atoms with Crippen LogP contribution in [0.3, 0.4) is 0 Å². The average Bonchev–Trinajstić information content (AvgIpc) is 2.69. The van der Waals surface area contributed by atoms with Crippen molar-refractivity contribution in [1.82, 2.24) is 0 Å². The van der Waals surface area contributed by atoms with E-state index in [0.717, 1.165) is 31.4 Å². The van der Waals surface area contributed by atoms with Gasteiger partial charge in [-0.1, -0.05) is 75.1 Å². The summed E-state index contributed by atoms with van der Waals surface area (Å²) in [6.45, 7) is 3.96. The van der Waals surface area contributed by atoms with Crippen molar-refractivity contribution >= 4 is 5.91 Å². The lowest BCUT2D eigenvalue weighted by molar-refractivity contribution is -0.118. The molecule has 28 heavy (non-hydrogen) atoms. The lowest BCUT2D eigenvalue weighted by atomic mass is 9.94. The Balaban J connectivity index is 1.44. The van der Waals surface area contributed by atoms with Crippen molar-refractivity contribution in [2.75, 3.05) is 0 Å². The number of hydrogen-bond acceptors (Lipinski definition) is 2. The van der Waals surface area contributed by atoms with Crippen molar-refractivity contribution < 1.29 is 9.53 Å². The molecule has 1 aromatic carbocycles. The van der Waals surface area contributed by atoms with Gasteiger partial charge in [0.2, 0.25) is 5.91 Å². The number of benzene rings is 1. The minimum absolute atomic E-state index is 0.210. The molecule has 1 saturated heterocycles. The van der Waals surface area contributed by atoms with Crippen LogP contribution >= 0.6 is 0 Å². The molecule has 0 spiro atoms. The fourth-order valence-electron chi connectivity index (χ4n) is 3.77. The van der Waals surface area contributed by atoms with Crippen molar-refractivity contribution in [3.05, 3.63) is 59.9 Å². The summed E-state index contributed by atoms with van der Waals surface area (Å²) in [5.41, 5.74) is 7.90. The number of carbonyl (C=O) groups excluding carboxylic acids is 1. The molecule has 1 aliphatic heterocycles. The number of carbonyl (C=O) groups is 1. The van der Waals surface area contributed by atoms with E-state index in [0.29, 0.717) is 6.42 Å². The van der Waals surface area contributed by atoms with E-state index in [1.165, 1.54) is 62.5 Å². The molecule has 3 heteroatoms. The van der Waals surface area contributed by atoms with Crippen LogP contribution in [-0.2, 0) is 16.0 Å². The molecule has 0 radical (unpaired) electrons. The van der Waals surface area contributed by atoms with Crippen molar-refractivity contribution in [3.63, 3.8) is 0 Å². The van der Waals surface area contributed by atoms with Crippen LogP contribution in [0.5, 0.6) is 0 Å². The van der Waals surface area contributed by atoms with Crippen LogP contribution in [0.15, 0.2) is 54.3 Å². The fraction of sp³-hybridized carbons (Fsp3) is 0.560. The Hall–Kier alpha value is -2.03. The van der Waals surface area contributed by atoms with Gasteiger partial charge < -0.3 is 10.5 Å². The second kappa shape index (κ2) is 13.2. The summed E-state index contributed by atoms with van der Waals surface area (Å²) in [4.78, 5) is 10.7. The second-order valence-corrected chi connectivity index (χ2v) is 7.90. The summed E-state index contributed by atoms with van der Waals surface area (Å²) < 4.78 is 5.71. The van der Waals surface area contributed by atoms with Crippen LogP contribution in [0.2, 0.25) is 0 Å². The average molecular weight is 384 g/mol. The highest BCUT2D eigenvalue weighted by atomic mass is 16.5. The Labute approximate surface area is 171 Å². The normalized spacial score (nSPS) is 17.4. The Morgan fingerprint density at radius 2 is 1.64 bits per heavy atom. The molecule has 0 aliphatic carbocycles. The van der Waals surface area contributed by atoms with Crippen LogP contribution < -0.4 is 5.73 Å². The SMILES string of the molecule is C=C1OC(CCCCCCCCCc2ccccc2)/C1=C/CCCCC(N)=O. The van der Waals surface area contributed by atoms with Gasteiger partial charge >= 0.3 is 0 Å². The molecule has 154 valence electrons. The molecule has 1 amide bonds. The Morgan fingerprint density at radius 3 is 2.32 bits per heavy atom. The van der Waals surface area contributed by atoms with Gasteiger partial charge in [-0.2, -0.15) is 0 Å². The van der Waals surface area contributed by atoms with Crippen molar-refractivity contribution in [3.8, 4) is 0 Å². The Bertz CT molecular complexity index is 621. The first-order valence-corrected chi connectivity index (χ1v) is 11.0. The molecule has 2 rings (SSSR count). The molecule has 2 N–H and O–H groups in total. The van der Waals surface area contributed by atoms with Crippen molar-refractivity contribution in [1.29, 1.82) is 0 Å². The number of rotatable bonds is 15. The highest BCUT2D eigenvalue weighted by molar-refractivity contribution is 5.73. The van der Waals surface area contributed by atoms with E-state index in [1.807, 2.05) is 0 Å². The van der Waals surface area contributed by atoms with E-state index >= 15 is 0 Å². The van der Waals surface area contributed by atoms with Crippen LogP contribution in [0.25, 0.3) is 0 Å². The standard InChI is InChI=1S/C25H37NO2/c1-21-23(18-12-8-14-20-25(26)27)24(28-21)19-13-6-4-2-3-5-9-15-22-16-10-7-11-17-22/h7,10-11,16-18,24H,1-6,8-9,12-15,19-20H2,(H2,26,27)/b23-18+. The van der Waals surface area contributed by atoms with E-state index in [1.54, 1.807) is 0 Å². The van der Waals surface area contributed by atoms with Gasteiger partial charge in [-0.3, -0.25) is 4.79 Å². The van der Waals surface area contributed by atoms with Gasteiger partial charge in [0.25, 0.3) is 0 Å². The number of aryl methyl sites for hydroxylation is 1. The highest BCUT2D eigenvalue weighted by Gasteiger charge is 2.29. The van der Waals surface area contributed by atoms with Gasteiger partial charge in [0.1, 0.15) is 11.9 Å². The zero-order valence-electron chi connectivity index (χ0n) is 17.3. The number of allylic oxidation sites excluding steroid dienone is 1. The molecule has 1 heterocycles. The van der Waals surface area contributed by atoms with Gasteiger partial charge in [-0.25, -0.2) is 0 Å². The fourth-order valence-corrected chi connectivity index (χ4v) is 3.77. The van der Waals surface area contributed by atoms with E-state index in [2.05, 4.69) is 43.0 Å². The molecule has 1 aromatic rings. The van der Waals surface area contributed by atoms with Crippen LogP contribution in [0, 0.1) is 0 Å². The minimum atomic E-state index is -0.210. The maximum Gasteiger partial charge on any atom is 0.217 e. The van der Waals surface area contributed by atoms with Gasteiger partial charge in [0.15, 0.2) is 0 Å². The van der Waals surface area contributed by atoms with Gasteiger partial charge in [-0.05, 0) is 50.5 Å². The number of nitrogens with two attached hydrogens (primary N) is 1. The highest BCUT2D eigenvalue weighted by Crippen LogP contribution is 2.34. The molecule has 3 nitrogen and oxygen atoms in total. The molecule has 1 unspecified atom stereocenters. The zero-order valence-corrected chi connectivity index (χ0v) is 17.3. The van der Waals surface area contributed by atoms with Crippen molar-refractivity contribution in [2.24, 2.45) is 5.73 Å². The van der Waals surface area contributed by atoms with Crippen LogP contribution in [-0.4, -0.2) is 12.0 Å². The maximum atomic E-state index is 10.7. The molecule has 0 aromatic heterocycles. The summed E-state index contributed by atoms with van der Waals surface area (Å²) in [7, 11) is 0. The maximum absolute atomic E-state index is 10.7. The number of ether oxygens (including phenoxy) is 1. The molecule has 1 atom stereocenters. The molecular weight excluding hydrogens is 346 g/mol. The van der Waals surface area contributed by atoms with Gasteiger partial charge in [-0.15, -0.1) is 0 Å². The van der Waals surface area contributed by atoms with Crippen LogP contribution in [0.4, 0.5) is 0 Å². The van der Waals surface area contributed by atoms with E-state index in [9.17, 15) is 4.79 Å². The first kappa shape index (κ1) is 22.3. The lowest BCUT2D eigenvalue weighted by Crippen LogP contribution is -2.28. The summed E-state index contributed by atoms with van der Waals surface area (Å²) in [5.74, 6) is 0.622. The topological polar surface area (TPSA) is 52.3 Å². The quantitative estimate of drug-likeness (QED) is 0.365. The molecule has 0 saturated carbocycles. The number of amides is 1. The molecule has 1 fully saturated rings. The third-order valence-electron chi connectivity index (χ3n) is 5.47. The third kappa shape index (κ3) is 8.77. The second-order valence-electron chi connectivity index (χ2n) is 7.90. The summed E-state index contributed by atoms with van der Waals surface area (Å²) in [5, 5.41) is 0. The first-order chi connectivity index (χ1) is 13.7. The van der Waals surface area contributed by atoms with E-state index < -0.39 is 0 Å². The van der Waals surface area contributed by atoms with E-state index in [4.69, 9.17) is 10.5 Å². The lowest BCUT2D eigenvalue weighted by Gasteiger charge is -2.34. The summed E-state index contributed by atoms with van der Waals surface area (Å²) >= 11 is 0. The minimum Gasteiger partial charge on any atom is -0.486 e. The predicted molar refractivity (Wildman–Crippen MR) is 117 cm³/mol. The predicted octanol–water partition coefficient (Wildman–Crippen LogP) is 6.23. The summed E-state index contributed by atoms with van der Waals surface area (Å²) in [6, 6.07) is 10.8. The van der Waals surface area contributed by atoms with E-state index in [-0.39, 0.29) is 12.0 Å². The van der Waals surface area contributed by atoms with Gasteiger partial charge in [0, 0.05) is 12.0 Å². The first-order valence-electron chi connectivity index (χ1n) is 11.0. The summed E-state index contributed by atoms with van der Waals surface area (Å²) in [6.07, 6.45) is 17.3.